The van der Waals surface area contributed by atoms with Crippen molar-refractivity contribution in [3.63, 3.8) is 0 Å². The maximum atomic E-state index is 10.5. The summed E-state index contributed by atoms with van der Waals surface area (Å²) in [5.74, 6) is -0.653. The minimum absolute atomic E-state index is 0.339. The highest BCUT2D eigenvalue weighted by molar-refractivity contribution is 5.66. The Balaban J connectivity index is 2.08. The molecule has 0 saturated carbocycles. The van der Waals surface area contributed by atoms with Crippen LogP contribution in [0.5, 0.6) is 0 Å². The molecule has 0 aromatic heterocycles. The molecule has 22 heavy (non-hydrogen) atoms. The highest BCUT2D eigenvalue weighted by atomic mass is 16.4. The lowest BCUT2D eigenvalue weighted by Crippen LogP contribution is -1.93. The molecule has 0 radical (unpaired) electrons. The summed E-state index contributed by atoms with van der Waals surface area (Å²) in [7, 11) is 0. The zero-order chi connectivity index (χ0) is 16.0. The molecule has 2 nitrogen and oxygen atoms in total. The Kier molecular flexibility index (Phi) is 11.1. The van der Waals surface area contributed by atoms with Crippen LogP contribution < -0.4 is 0 Å². The fourth-order valence-electron chi connectivity index (χ4n) is 3.56. The van der Waals surface area contributed by atoms with E-state index in [0.29, 0.717) is 6.42 Å². The lowest BCUT2D eigenvalue weighted by atomic mass is 9.98. The van der Waals surface area contributed by atoms with Crippen LogP contribution in [0.3, 0.4) is 0 Å². The van der Waals surface area contributed by atoms with Gasteiger partial charge in [0.15, 0.2) is 0 Å². The molecule has 0 aromatic carbocycles. The Morgan fingerprint density at radius 2 is 1.32 bits per heavy atom. The Hall–Kier alpha value is -0.790. The van der Waals surface area contributed by atoms with Gasteiger partial charge >= 0.3 is 5.97 Å². The average molecular weight is 309 g/mol. The molecule has 2 heteroatoms. The number of unbranched alkanes of at least 4 members (excludes halogenated alkanes) is 8. The van der Waals surface area contributed by atoms with Gasteiger partial charge in [0.05, 0.1) is 0 Å². The maximum Gasteiger partial charge on any atom is 0.303 e. The first-order valence-corrected chi connectivity index (χ1v) is 9.65. The molecule has 0 spiro atoms. The predicted octanol–water partition coefficient (Wildman–Crippen LogP) is 6.64. The summed E-state index contributed by atoms with van der Waals surface area (Å²) in [6, 6.07) is 0. The number of aliphatic carboxylic acids is 1. The summed E-state index contributed by atoms with van der Waals surface area (Å²) < 4.78 is 0. The highest BCUT2D eigenvalue weighted by Gasteiger charge is 2.13. The Bertz CT molecular complexity index is 331. The molecule has 1 aliphatic rings. The number of carbonyl (C=O) groups is 1. The molecule has 1 N–H and O–H groups in total. The van der Waals surface area contributed by atoms with E-state index in [1.807, 2.05) is 0 Å². The molecule has 0 heterocycles. The van der Waals surface area contributed by atoms with Gasteiger partial charge in [0.2, 0.25) is 0 Å². The number of carboxylic acids is 1. The first-order valence-electron chi connectivity index (χ1n) is 9.65. The molecular weight excluding hydrogens is 272 g/mol. The minimum Gasteiger partial charge on any atom is -0.481 e. The molecule has 0 saturated heterocycles. The lowest BCUT2D eigenvalue weighted by molar-refractivity contribution is -0.137. The van der Waals surface area contributed by atoms with Crippen LogP contribution >= 0.6 is 0 Å². The Morgan fingerprint density at radius 3 is 1.86 bits per heavy atom. The van der Waals surface area contributed by atoms with E-state index in [-0.39, 0.29) is 0 Å². The van der Waals surface area contributed by atoms with Crippen molar-refractivity contribution in [3.8, 4) is 0 Å². The van der Waals surface area contributed by atoms with Gasteiger partial charge in [-0.25, -0.2) is 0 Å². The molecule has 0 fully saturated rings. The van der Waals surface area contributed by atoms with Gasteiger partial charge in [0.25, 0.3) is 0 Å². The van der Waals surface area contributed by atoms with Gasteiger partial charge in [-0.2, -0.15) is 0 Å². The van der Waals surface area contributed by atoms with Gasteiger partial charge in [-0.15, -0.1) is 0 Å². The number of carboxylic acid groups (broad SMARTS) is 1. The third-order valence-corrected chi connectivity index (χ3v) is 4.91. The standard InChI is InChI=1S/C20H36O2/c1-2-3-4-5-6-9-13-18-15-12-16-19(18)14-10-7-8-11-17-20(21)22/h2-17H2,1H3,(H,21,22). The van der Waals surface area contributed by atoms with Crippen LogP contribution in [0.4, 0.5) is 0 Å². The fraction of sp³-hybridized carbons (Fsp3) is 0.850. The smallest absolute Gasteiger partial charge is 0.303 e. The second-order valence-electron chi connectivity index (χ2n) is 6.89. The first kappa shape index (κ1) is 19.3. The average Bonchev–Trinajstić information content (AvgIpc) is 2.93. The van der Waals surface area contributed by atoms with E-state index in [2.05, 4.69) is 6.92 Å². The van der Waals surface area contributed by atoms with Crippen molar-refractivity contribution in [2.24, 2.45) is 0 Å². The number of hydrogen-bond donors (Lipinski definition) is 1. The second kappa shape index (κ2) is 12.7. The molecule has 0 unspecified atom stereocenters. The molecule has 0 bridgehead atoms. The molecule has 0 amide bonds. The van der Waals surface area contributed by atoms with Crippen molar-refractivity contribution >= 4 is 5.97 Å². The van der Waals surface area contributed by atoms with E-state index in [1.165, 1.54) is 83.5 Å². The van der Waals surface area contributed by atoms with Gasteiger partial charge in [-0.05, 0) is 51.4 Å². The van der Waals surface area contributed by atoms with Crippen LogP contribution in [-0.4, -0.2) is 11.1 Å². The summed E-state index contributed by atoms with van der Waals surface area (Å²) in [5, 5.41) is 8.62. The van der Waals surface area contributed by atoms with E-state index in [0.717, 1.165) is 12.8 Å². The van der Waals surface area contributed by atoms with E-state index >= 15 is 0 Å². The van der Waals surface area contributed by atoms with Crippen molar-refractivity contribution < 1.29 is 9.90 Å². The maximum absolute atomic E-state index is 10.5. The first-order chi connectivity index (χ1) is 10.7. The normalized spacial score (nSPS) is 14.8. The number of allylic oxidation sites excluding steroid dienone is 2. The predicted molar refractivity (Wildman–Crippen MR) is 94.2 cm³/mol. The quantitative estimate of drug-likeness (QED) is 0.288. The van der Waals surface area contributed by atoms with Crippen LogP contribution in [-0.2, 0) is 4.79 Å². The van der Waals surface area contributed by atoms with Gasteiger partial charge in [0.1, 0.15) is 0 Å². The molecule has 128 valence electrons. The molecule has 0 aromatic rings. The summed E-state index contributed by atoms with van der Waals surface area (Å²) >= 11 is 0. The van der Waals surface area contributed by atoms with Gasteiger partial charge in [-0.1, -0.05) is 63.0 Å². The minimum atomic E-state index is -0.653. The zero-order valence-corrected chi connectivity index (χ0v) is 14.7. The van der Waals surface area contributed by atoms with Gasteiger partial charge in [0, 0.05) is 6.42 Å². The fourth-order valence-corrected chi connectivity index (χ4v) is 3.56. The van der Waals surface area contributed by atoms with Crippen LogP contribution in [0, 0.1) is 0 Å². The van der Waals surface area contributed by atoms with Crippen LogP contribution in [0.15, 0.2) is 11.1 Å². The van der Waals surface area contributed by atoms with E-state index in [1.54, 1.807) is 11.1 Å². The summed E-state index contributed by atoms with van der Waals surface area (Å²) in [6.07, 6.45) is 19.8. The van der Waals surface area contributed by atoms with E-state index in [4.69, 9.17) is 5.11 Å². The van der Waals surface area contributed by atoms with Crippen molar-refractivity contribution in [1.82, 2.24) is 0 Å². The number of rotatable bonds is 14. The molecule has 0 atom stereocenters. The summed E-state index contributed by atoms with van der Waals surface area (Å²) in [5.41, 5.74) is 3.54. The van der Waals surface area contributed by atoms with Crippen molar-refractivity contribution in [2.45, 2.75) is 110 Å². The van der Waals surface area contributed by atoms with Crippen molar-refractivity contribution in [3.05, 3.63) is 11.1 Å². The second-order valence-corrected chi connectivity index (χ2v) is 6.89. The summed E-state index contributed by atoms with van der Waals surface area (Å²) in [4.78, 5) is 10.5. The Morgan fingerprint density at radius 1 is 0.818 bits per heavy atom. The van der Waals surface area contributed by atoms with Crippen molar-refractivity contribution in [1.29, 1.82) is 0 Å². The highest BCUT2D eigenvalue weighted by Crippen LogP contribution is 2.33. The van der Waals surface area contributed by atoms with E-state index < -0.39 is 5.97 Å². The SMILES string of the molecule is CCCCCCCCC1=C(CCCCCCC(=O)O)CCC1. The molecular formula is C20H36O2. The summed E-state index contributed by atoms with van der Waals surface area (Å²) in [6.45, 7) is 2.28. The molecule has 1 rings (SSSR count). The number of hydrogen-bond acceptors (Lipinski definition) is 1. The van der Waals surface area contributed by atoms with Gasteiger partial charge in [-0.3, -0.25) is 4.79 Å². The molecule has 0 aliphatic heterocycles. The van der Waals surface area contributed by atoms with Crippen LogP contribution in [0.25, 0.3) is 0 Å². The van der Waals surface area contributed by atoms with Crippen LogP contribution in [0.2, 0.25) is 0 Å². The third kappa shape index (κ3) is 9.27. The third-order valence-electron chi connectivity index (χ3n) is 4.91. The lowest BCUT2D eigenvalue weighted by Gasteiger charge is -2.08. The topological polar surface area (TPSA) is 37.3 Å². The Labute approximate surface area is 137 Å². The zero-order valence-electron chi connectivity index (χ0n) is 14.7. The molecule has 1 aliphatic carbocycles. The van der Waals surface area contributed by atoms with Crippen LogP contribution in [0.1, 0.15) is 110 Å². The van der Waals surface area contributed by atoms with E-state index in [9.17, 15) is 4.79 Å². The van der Waals surface area contributed by atoms with Crippen molar-refractivity contribution in [2.75, 3.05) is 0 Å². The monoisotopic (exact) mass is 308 g/mol. The van der Waals surface area contributed by atoms with Gasteiger partial charge < -0.3 is 5.11 Å². The largest absolute Gasteiger partial charge is 0.481 e.